The summed E-state index contributed by atoms with van der Waals surface area (Å²) in [7, 11) is 3.55. The second-order valence-corrected chi connectivity index (χ2v) is 5.50. The van der Waals surface area contributed by atoms with Crippen molar-refractivity contribution in [2.45, 2.75) is 37.8 Å². The number of hydrogen-bond acceptors (Lipinski definition) is 3. The number of carbonyl (C=O) groups excluding carboxylic acids is 1. The number of rotatable bonds is 3. The van der Waals surface area contributed by atoms with Gasteiger partial charge in [-0.25, -0.2) is 0 Å². The Hall–Kier alpha value is -1.55. The van der Waals surface area contributed by atoms with Gasteiger partial charge in [-0.2, -0.15) is 0 Å². The highest BCUT2D eigenvalue weighted by Gasteiger charge is 2.20. The Kier molecular flexibility index (Phi) is 4.43. The SMILES string of the molecule is CN(C)C(=O)c1ccccc1NC1CCC(N)CC1. The molecule has 1 aromatic carbocycles. The third kappa shape index (κ3) is 3.47. The largest absolute Gasteiger partial charge is 0.382 e. The number of hydrogen-bond donors (Lipinski definition) is 2. The lowest BCUT2D eigenvalue weighted by Crippen LogP contribution is -2.33. The molecule has 0 atom stereocenters. The van der Waals surface area contributed by atoms with Crippen LogP contribution in [0.3, 0.4) is 0 Å². The van der Waals surface area contributed by atoms with E-state index in [-0.39, 0.29) is 5.91 Å². The number of nitrogens with zero attached hydrogens (tertiary/aromatic N) is 1. The standard InChI is InChI=1S/C15H23N3O/c1-18(2)15(19)13-5-3-4-6-14(13)17-12-9-7-11(16)8-10-12/h3-6,11-12,17H,7-10,16H2,1-2H3. The number of nitrogens with two attached hydrogens (primary N) is 1. The Morgan fingerprint density at radius 2 is 1.84 bits per heavy atom. The summed E-state index contributed by atoms with van der Waals surface area (Å²) in [5, 5.41) is 3.50. The average molecular weight is 261 g/mol. The first-order chi connectivity index (χ1) is 9.08. The van der Waals surface area contributed by atoms with Crippen LogP contribution in [0.2, 0.25) is 0 Å². The molecule has 1 aliphatic carbocycles. The summed E-state index contributed by atoms with van der Waals surface area (Å²) < 4.78 is 0. The van der Waals surface area contributed by atoms with Gasteiger partial charge in [0.2, 0.25) is 0 Å². The molecule has 4 heteroatoms. The quantitative estimate of drug-likeness (QED) is 0.875. The van der Waals surface area contributed by atoms with Crippen molar-refractivity contribution in [1.29, 1.82) is 0 Å². The van der Waals surface area contributed by atoms with E-state index >= 15 is 0 Å². The molecule has 0 aromatic heterocycles. The summed E-state index contributed by atoms with van der Waals surface area (Å²) in [5.74, 6) is 0.0376. The predicted molar refractivity (Wildman–Crippen MR) is 78.3 cm³/mol. The first kappa shape index (κ1) is 13.9. The van der Waals surface area contributed by atoms with Gasteiger partial charge in [0.05, 0.1) is 5.56 Å². The summed E-state index contributed by atoms with van der Waals surface area (Å²) in [6, 6.07) is 8.49. The zero-order valence-corrected chi connectivity index (χ0v) is 11.7. The van der Waals surface area contributed by atoms with E-state index in [9.17, 15) is 4.79 Å². The highest BCUT2D eigenvalue weighted by Crippen LogP contribution is 2.24. The van der Waals surface area contributed by atoms with E-state index in [1.54, 1.807) is 19.0 Å². The molecule has 0 unspecified atom stereocenters. The molecule has 1 saturated carbocycles. The molecule has 1 aromatic rings. The molecule has 104 valence electrons. The van der Waals surface area contributed by atoms with Crippen LogP contribution >= 0.6 is 0 Å². The molecule has 0 bridgehead atoms. The van der Waals surface area contributed by atoms with Crippen LogP contribution in [0, 0.1) is 0 Å². The maximum atomic E-state index is 12.1. The van der Waals surface area contributed by atoms with Gasteiger partial charge in [0.1, 0.15) is 0 Å². The van der Waals surface area contributed by atoms with E-state index in [1.165, 1.54) is 0 Å². The lowest BCUT2D eigenvalue weighted by Gasteiger charge is -2.28. The second kappa shape index (κ2) is 6.06. The molecule has 3 N–H and O–H groups in total. The molecular weight excluding hydrogens is 238 g/mol. The summed E-state index contributed by atoms with van der Waals surface area (Å²) in [4.78, 5) is 13.7. The molecule has 2 rings (SSSR count). The molecule has 19 heavy (non-hydrogen) atoms. The Morgan fingerprint density at radius 3 is 2.47 bits per heavy atom. The van der Waals surface area contributed by atoms with Crippen molar-refractivity contribution in [1.82, 2.24) is 4.90 Å². The molecule has 0 saturated heterocycles. The van der Waals surface area contributed by atoms with E-state index in [4.69, 9.17) is 5.73 Å². The zero-order valence-electron chi connectivity index (χ0n) is 11.7. The van der Waals surface area contributed by atoms with Crippen LogP contribution in [0.15, 0.2) is 24.3 Å². The first-order valence-electron chi connectivity index (χ1n) is 6.90. The fourth-order valence-corrected chi connectivity index (χ4v) is 2.52. The fraction of sp³-hybridized carbons (Fsp3) is 0.533. The van der Waals surface area contributed by atoms with Crippen molar-refractivity contribution in [3.05, 3.63) is 29.8 Å². The molecule has 0 heterocycles. The number of benzene rings is 1. The van der Waals surface area contributed by atoms with Crippen LogP contribution in [-0.2, 0) is 0 Å². The van der Waals surface area contributed by atoms with Crippen molar-refractivity contribution >= 4 is 11.6 Å². The first-order valence-corrected chi connectivity index (χ1v) is 6.90. The lowest BCUT2D eigenvalue weighted by molar-refractivity contribution is 0.0828. The van der Waals surface area contributed by atoms with Gasteiger partial charge in [0.15, 0.2) is 0 Å². The van der Waals surface area contributed by atoms with Crippen LogP contribution in [0.5, 0.6) is 0 Å². The highest BCUT2D eigenvalue weighted by molar-refractivity contribution is 5.99. The van der Waals surface area contributed by atoms with Gasteiger partial charge in [-0.15, -0.1) is 0 Å². The van der Waals surface area contributed by atoms with E-state index < -0.39 is 0 Å². The van der Waals surface area contributed by atoms with Crippen LogP contribution < -0.4 is 11.1 Å². The number of carbonyl (C=O) groups is 1. The lowest BCUT2D eigenvalue weighted by atomic mass is 9.91. The summed E-state index contributed by atoms with van der Waals surface area (Å²) in [6.07, 6.45) is 4.26. The third-order valence-electron chi connectivity index (χ3n) is 3.70. The fourth-order valence-electron chi connectivity index (χ4n) is 2.52. The third-order valence-corrected chi connectivity index (χ3v) is 3.70. The normalized spacial score (nSPS) is 22.9. The van der Waals surface area contributed by atoms with Crippen molar-refractivity contribution in [2.75, 3.05) is 19.4 Å². The van der Waals surface area contributed by atoms with Crippen molar-refractivity contribution in [3.63, 3.8) is 0 Å². The average Bonchev–Trinajstić information content (AvgIpc) is 2.41. The van der Waals surface area contributed by atoms with Crippen LogP contribution in [-0.4, -0.2) is 37.0 Å². The van der Waals surface area contributed by atoms with E-state index in [0.717, 1.165) is 36.9 Å². The molecular formula is C15H23N3O. The van der Waals surface area contributed by atoms with Crippen molar-refractivity contribution in [2.24, 2.45) is 5.73 Å². The predicted octanol–water partition coefficient (Wildman–Crippen LogP) is 2.07. The van der Waals surface area contributed by atoms with Gasteiger partial charge in [0, 0.05) is 31.9 Å². The molecule has 0 aliphatic heterocycles. The van der Waals surface area contributed by atoms with E-state index in [2.05, 4.69) is 5.32 Å². The van der Waals surface area contributed by atoms with Gasteiger partial charge < -0.3 is 16.0 Å². The van der Waals surface area contributed by atoms with Gasteiger partial charge >= 0.3 is 0 Å². The minimum absolute atomic E-state index is 0.0376. The molecule has 1 aliphatic rings. The number of amides is 1. The van der Waals surface area contributed by atoms with Crippen molar-refractivity contribution < 1.29 is 4.79 Å². The van der Waals surface area contributed by atoms with E-state index in [0.29, 0.717) is 12.1 Å². The molecule has 1 amide bonds. The number of para-hydroxylation sites is 1. The molecule has 4 nitrogen and oxygen atoms in total. The Morgan fingerprint density at radius 1 is 1.21 bits per heavy atom. The molecule has 1 fully saturated rings. The van der Waals surface area contributed by atoms with Gasteiger partial charge in [-0.1, -0.05) is 12.1 Å². The van der Waals surface area contributed by atoms with Crippen LogP contribution in [0.25, 0.3) is 0 Å². The topological polar surface area (TPSA) is 58.4 Å². The number of nitrogens with one attached hydrogen (secondary N) is 1. The second-order valence-electron chi connectivity index (χ2n) is 5.50. The highest BCUT2D eigenvalue weighted by atomic mass is 16.2. The van der Waals surface area contributed by atoms with Gasteiger partial charge in [0.25, 0.3) is 5.91 Å². The minimum atomic E-state index is 0.0376. The van der Waals surface area contributed by atoms with E-state index in [1.807, 2.05) is 24.3 Å². The summed E-state index contributed by atoms with van der Waals surface area (Å²) in [6.45, 7) is 0. The zero-order chi connectivity index (χ0) is 13.8. The molecule has 0 spiro atoms. The van der Waals surface area contributed by atoms with Crippen LogP contribution in [0.1, 0.15) is 36.0 Å². The van der Waals surface area contributed by atoms with Gasteiger partial charge in [-0.05, 0) is 37.8 Å². The molecule has 0 radical (unpaired) electrons. The number of anilines is 1. The monoisotopic (exact) mass is 261 g/mol. The smallest absolute Gasteiger partial charge is 0.255 e. The van der Waals surface area contributed by atoms with Crippen molar-refractivity contribution in [3.8, 4) is 0 Å². The summed E-state index contributed by atoms with van der Waals surface area (Å²) in [5.41, 5.74) is 7.59. The Balaban J connectivity index is 2.10. The van der Waals surface area contributed by atoms with Crippen LogP contribution in [0.4, 0.5) is 5.69 Å². The Labute approximate surface area is 115 Å². The maximum Gasteiger partial charge on any atom is 0.255 e. The maximum absolute atomic E-state index is 12.1. The summed E-state index contributed by atoms with van der Waals surface area (Å²) >= 11 is 0. The Bertz CT molecular complexity index is 437. The minimum Gasteiger partial charge on any atom is -0.382 e. The van der Waals surface area contributed by atoms with Gasteiger partial charge in [-0.3, -0.25) is 4.79 Å².